The van der Waals surface area contributed by atoms with Crippen LogP contribution < -0.4 is 0 Å². The quantitative estimate of drug-likeness (QED) is 0.786. The summed E-state index contributed by atoms with van der Waals surface area (Å²) >= 11 is 5.61. The van der Waals surface area contributed by atoms with Crippen molar-refractivity contribution in [1.82, 2.24) is 10.2 Å². The van der Waals surface area contributed by atoms with E-state index in [1.807, 2.05) is 6.07 Å². The Morgan fingerprint density at radius 3 is 2.50 bits per heavy atom. The van der Waals surface area contributed by atoms with Crippen LogP contribution in [0.4, 0.5) is 0 Å². The van der Waals surface area contributed by atoms with Crippen molar-refractivity contribution < 1.29 is 8.42 Å². The molecule has 1 atom stereocenters. The Kier molecular flexibility index (Phi) is 4.65. The van der Waals surface area contributed by atoms with Crippen LogP contribution in [0.1, 0.15) is 23.7 Å². The third-order valence-electron chi connectivity index (χ3n) is 2.60. The smallest absolute Gasteiger partial charge is 0.199 e. The maximum absolute atomic E-state index is 12.1. The number of sulfone groups is 1. The molecule has 0 saturated carbocycles. The molecule has 0 saturated heterocycles. The van der Waals surface area contributed by atoms with E-state index < -0.39 is 9.84 Å². The van der Waals surface area contributed by atoms with Gasteiger partial charge in [-0.1, -0.05) is 6.92 Å². The highest BCUT2D eigenvalue weighted by atomic mass is 35.5. The van der Waals surface area contributed by atoms with Crippen molar-refractivity contribution in [3.63, 3.8) is 0 Å². The third kappa shape index (κ3) is 2.98. The van der Waals surface area contributed by atoms with Crippen LogP contribution in [0.25, 0.3) is 0 Å². The molecular formula is C11H14ClN3O2S. The molecule has 0 spiro atoms. The van der Waals surface area contributed by atoms with Crippen LogP contribution in [0.3, 0.4) is 0 Å². The Labute approximate surface area is 112 Å². The molecule has 0 radical (unpaired) electrons. The Balaban J connectivity index is 3.35. The molecule has 5 nitrogen and oxygen atoms in total. The summed E-state index contributed by atoms with van der Waals surface area (Å²) in [5, 5.41) is 16.3. The van der Waals surface area contributed by atoms with Gasteiger partial charge in [-0.3, -0.25) is 0 Å². The second-order valence-electron chi connectivity index (χ2n) is 4.24. The van der Waals surface area contributed by atoms with E-state index in [-0.39, 0.29) is 28.1 Å². The lowest BCUT2D eigenvalue weighted by molar-refractivity contribution is 0.576. The lowest BCUT2D eigenvalue weighted by Crippen LogP contribution is -2.19. The zero-order valence-electron chi connectivity index (χ0n) is 10.4. The highest BCUT2D eigenvalue weighted by Crippen LogP contribution is 2.20. The summed E-state index contributed by atoms with van der Waals surface area (Å²) in [4.78, 5) is 0. The maximum atomic E-state index is 12.1. The summed E-state index contributed by atoms with van der Waals surface area (Å²) in [5.41, 5.74) is 1.17. The number of hydrogen-bond acceptors (Lipinski definition) is 5. The number of aromatic nitrogens is 2. The fourth-order valence-electron chi connectivity index (χ4n) is 1.43. The second kappa shape index (κ2) is 5.63. The molecule has 7 heteroatoms. The zero-order chi connectivity index (χ0) is 13.9. The molecule has 1 aromatic heterocycles. The molecule has 1 aromatic rings. The van der Waals surface area contributed by atoms with Gasteiger partial charge in [-0.25, -0.2) is 8.42 Å². The lowest BCUT2D eigenvalue weighted by Gasteiger charge is -2.10. The standard InChI is InChI=1S/C11H14ClN3O2S/c1-7(4-12)6-18(16,17)11-10(5-13)8(2)9(3)14-15-11/h7H,4,6H2,1-3H3. The highest BCUT2D eigenvalue weighted by molar-refractivity contribution is 7.91. The SMILES string of the molecule is Cc1nnc(S(=O)(=O)CC(C)CCl)c(C#N)c1C. The first-order chi connectivity index (χ1) is 8.33. The van der Waals surface area contributed by atoms with E-state index >= 15 is 0 Å². The number of hydrogen-bond donors (Lipinski definition) is 0. The van der Waals surface area contributed by atoms with Gasteiger partial charge >= 0.3 is 0 Å². The second-order valence-corrected chi connectivity index (χ2v) is 6.50. The van der Waals surface area contributed by atoms with Crippen molar-refractivity contribution in [2.24, 2.45) is 5.92 Å². The predicted octanol–water partition coefficient (Wildman–Crippen LogP) is 1.61. The van der Waals surface area contributed by atoms with Crippen molar-refractivity contribution >= 4 is 21.4 Å². The number of aryl methyl sites for hydroxylation is 1. The monoisotopic (exact) mass is 287 g/mol. The van der Waals surface area contributed by atoms with Gasteiger partial charge in [-0.15, -0.1) is 16.7 Å². The summed E-state index contributed by atoms with van der Waals surface area (Å²) in [6, 6.07) is 1.89. The van der Waals surface area contributed by atoms with Gasteiger partial charge in [0.1, 0.15) is 6.07 Å². The summed E-state index contributed by atoms with van der Waals surface area (Å²) in [6.07, 6.45) is 0. The van der Waals surface area contributed by atoms with Crippen LogP contribution >= 0.6 is 11.6 Å². The number of rotatable bonds is 4. The van der Waals surface area contributed by atoms with Gasteiger partial charge in [0.05, 0.1) is 17.0 Å². The minimum absolute atomic E-state index is 0.0734. The molecule has 0 fully saturated rings. The molecule has 98 valence electrons. The predicted molar refractivity (Wildman–Crippen MR) is 68.2 cm³/mol. The van der Waals surface area contributed by atoms with Crippen LogP contribution in [-0.2, 0) is 9.84 Å². The van der Waals surface area contributed by atoms with Gasteiger partial charge in [-0.05, 0) is 25.3 Å². The van der Waals surface area contributed by atoms with E-state index in [2.05, 4.69) is 10.2 Å². The van der Waals surface area contributed by atoms with Crippen molar-refractivity contribution in [2.75, 3.05) is 11.6 Å². The van der Waals surface area contributed by atoms with E-state index in [4.69, 9.17) is 16.9 Å². The summed E-state index contributed by atoms with van der Waals surface area (Å²) in [6.45, 7) is 5.07. The Hall–Kier alpha value is -1.19. The summed E-state index contributed by atoms with van der Waals surface area (Å²) in [5.74, 6) is -0.103. The minimum atomic E-state index is -3.63. The molecule has 0 aliphatic rings. The minimum Gasteiger partial charge on any atom is -0.222 e. The van der Waals surface area contributed by atoms with E-state index in [0.717, 1.165) is 0 Å². The number of alkyl halides is 1. The summed E-state index contributed by atoms with van der Waals surface area (Å²) in [7, 11) is -3.63. The molecule has 18 heavy (non-hydrogen) atoms. The van der Waals surface area contributed by atoms with Crippen LogP contribution in [0.5, 0.6) is 0 Å². The Morgan fingerprint density at radius 1 is 1.39 bits per heavy atom. The molecule has 0 N–H and O–H groups in total. The molecule has 0 aliphatic carbocycles. The first kappa shape index (κ1) is 14.9. The largest absolute Gasteiger partial charge is 0.222 e. The van der Waals surface area contributed by atoms with Crippen LogP contribution in [0.15, 0.2) is 5.03 Å². The van der Waals surface area contributed by atoms with Crippen molar-refractivity contribution in [3.8, 4) is 6.07 Å². The van der Waals surface area contributed by atoms with E-state index in [1.165, 1.54) is 0 Å². The first-order valence-electron chi connectivity index (χ1n) is 5.36. The van der Waals surface area contributed by atoms with Crippen LogP contribution in [0, 0.1) is 31.1 Å². The normalized spacial score (nSPS) is 13.1. The van der Waals surface area contributed by atoms with Crippen LogP contribution in [-0.4, -0.2) is 30.2 Å². The average molecular weight is 288 g/mol. The summed E-state index contributed by atoms with van der Waals surface area (Å²) < 4.78 is 24.3. The van der Waals surface area contributed by atoms with Gasteiger partial charge in [0, 0.05) is 5.88 Å². The highest BCUT2D eigenvalue weighted by Gasteiger charge is 2.25. The third-order valence-corrected chi connectivity index (χ3v) is 5.01. The molecular weight excluding hydrogens is 274 g/mol. The molecule has 0 aromatic carbocycles. The van der Waals surface area contributed by atoms with E-state index in [0.29, 0.717) is 11.3 Å². The average Bonchev–Trinajstić information content (AvgIpc) is 2.31. The molecule has 0 bridgehead atoms. The Bertz CT molecular complexity index is 593. The first-order valence-corrected chi connectivity index (χ1v) is 7.54. The van der Waals surface area contributed by atoms with Gasteiger partial charge < -0.3 is 0 Å². The Morgan fingerprint density at radius 2 is 2.00 bits per heavy atom. The molecule has 0 amide bonds. The van der Waals surface area contributed by atoms with Gasteiger partial charge in [-0.2, -0.15) is 10.4 Å². The van der Waals surface area contributed by atoms with Crippen molar-refractivity contribution in [3.05, 3.63) is 16.8 Å². The lowest BCUT2D eigenvalue weighted by atomic mass is 10.1. The van der Waals surface area contributed by atoms with Gasteiger partial charge in [0.15, 0.2) is 14.9 Å². The van der Waals surface area contributed by atoms with Crippen LogP contribution in [0.2, 0.25) is 0 Å². The molecule has 1 unspecified atom stereocenters. The number of nitrogens with zero attached hydrogens (tertiary/aromatic N) is 3. The zero-order valence-corrected chi connectivity index (χ0v) is 12.0. The topological polar surface area (TPSA) is 83.7 Å². The fraction of sp³-hybridized carbons (Fsp3) is 0.545. The van der Waals surface area contributed by atoms with Crippen molar-refractivity contribution in [1.29, 1.82) is 5.26 Å². The van der Waals surface area contributed by atoms with Gasteiger partial charge in [0.25, 0.3) is 0 Å². The number of halogens is 1. The van der Waals surface area contributed by atoms with E-state index in [1.54, 1.807) is 20.8 Å². The molecule has 0 aliphatic heterocycles. The molecule has 1 heterocycles. The maximum Gasteiger partial charge on any atom is 0.199 e. The van der Waals surface area contributed by atoms with E-state index in [9.17, 15) is 8.42 Å². The van der Waals surface area contributed by atoms with Gasteiger partial charge in [0.2, 0.25) is 0 Å². The number of nitriles is 1. The molecule has 1 rings (SSSR count). The fourth-order valence-corrected chi connectivity index (χ4v) is 3.37. The van der Waals surface area contributed by atoms with Crippen molar-refractivity contribution in [2.45, 2.75) is 25.8 Å².